The molecule has 8 rings (SSSR count). The van der Waals surface area contributed by atoms with E-state index in [2.05, 4.69) is 167 Å². The second-order valence-electron chi connectivity index (χ2n) is 10.7. The van der Waals surface area contributed by atoms with Gasteiger partial charge in [0.25, 0.3) is 0 Å². The smallest absolute Gasteiger partial charge is 1.00 e. The number of allylic oxidation sites excluding steroid dienone is 2. The van der Waals surface area contributed by atoms with Crippen LogP contribution in [0.25, 0.3) is 34.7 Å². The van der Waals surface area contributed by atoms with Crippen LogP contribution in [-0.2, 0) is 23.2 Å². The quantitative estimate of drug-likeness (QED) is 0.257. The minimum Gasteiger partial charge on any atom is -1.00 e. The van der Waals surface area contributed by atoms with E-state index in [1.807, 2.05) is 0 Å². The first-order valence-corrected chi connectivity index (χ1v) is 17.0. The van der Waals surface area contributed by atoms with Crippen LogP contribution < -0.4 is 24.8 Å². The molecular formula is C38H28Cl2N2Zr. The molecule has 2 nitrogen and oxygen atoms in total. The zero-order chi connectivity index (χ0) is 27.2. The number of rotatable bonds is 6. The van der Waals surface area contributed by atoms with E-state index < -0.39 is 23.2 Å². The Labute approximate surface area is 276 Å². The molecule has 0 amide bonds. The first-order valence-electron chi connectivity index (χ1n) is 14.2. The minimum absolute atomic E-state index is 0. The molecule has 2 heterocycles. The topological polar surface area (TPSA) is 9.86 Å². The molecule has 2 unspecified atom stereocenters. The monoisotopic (exact) mass is 672 g/mol. The van der Waals surface area contributed by atoms with Gasteiger partial charge in [-0.1, -0.05) is 0 Å². The SMILES string of the molecule is C1=C(c2ccccc2)[CH]([Zr+2][CH]2C(c3ccccc3)=Cc3c2cccc3-n2cccc2)c2cccc(-n3cccc3)c21.[Cl-].[Cl-]. The average molecular weight is 675 g/mol. The van der Waals surface area contributed by atoms with Gasteiger partial charge in [0, 0.05) is 0 Å². The van der Waals surface area contributed by atoms with Gasteiger partial charge in [-0.05, 0) is 0 Å². The summed E-state index contributed by atoms with van der Waals surface area (Å²) in [5, 5.41) is 0. The van der Waals surface area contributed by atoms with Gasteiger partial charge in [-0.25, -0.2) is 0 Å². The number of aromatic nitrogens is 2. The van der Waals surface area contributed by atoms with Crippen molar-refractivity contribution < 1.29 is 48.0 Å². The zero-order valence-corrected chi connectivity index (χ0v) is 27.3. The molecule has 6 aromatic rings. The van der Waals surface area contributed by atoms with E-state index in [0.29, 0.717) is 7.25 Å². The number of hydrogen-bond donors (Lipinski definition) is 0. The minimum atomic E-state index is -1.15. The van der Waals surface area contributed by atoms with E-state index in [1.165, 1.54) is 55.9 Å². The van der Waals surface area contributed by atoms with Gasteiger partial charge < -0.3 is 24.8 Å². The molecule has 0 saturated carbocycles. The van der Waals surface area contributed by atoms with Crippen LogP contribution in [0.5, 0.6) is 0 Å². The van der Waals surface area contributed by atoms with Crippen molar-refractivity contribution in [1.82, 2.24) is 9.13 Å². The maximum atomic E-state index is 2.49. The summed E-state index contributed by atoms with van der Waals surface area (Å²) in [5.41, 5.74) is 13.9. The predicted molar refractivity (Wildman–Crippen MR) is 166 cm³/mol. The maximum Gasteiger partial charge on any atom is -1.00 e. The Morgan fingerprint density at radius 1 is 0.419 bits per heavy atom. The van der Waals surface area contributed by atoms with Crippen LogP contribution in [0.1, 0.15) is 40.6 Å². The van der Waals surface area contributed by atoms with Gasteiger partial charge in [0.1, 0.15) is 0 Å². The van der Waals surface area contributed by atoms with Crippen LogP contribution in [0.3, 0.4) is 0 Å². The van der Waals surface area contributed by atoms with Crippen LogP contribution in [0.15, 0.2) is 146 Å². The second kappa shape index (κ2) is 12.5. The molecule has 0 N–H and O–H groups in total. The molecule has 2 aliphatic rings. The summed E-state index contributed by atoms with van der Waals surface area (Å²) >= 11 is -1.15. The Bertz CT molecular complexity index is 1770. The number of nitrogens with zero attached hydrogens (tertiary/aromatic N) is 2. The molecule has 208 valence electrons. The third-order valence-corrected chi connectivity index (χ3v) is 13.1. The van der Waals surface area contributed by atoms with E-state index in [0.717, 1.165) is 0 Å². The van der Waals surface area contributed by atoms with Crippen LogP contribution >= 0.6 is 0 Å². The molecule has 2 aromatic heterocycles. The molecule has 0 bridgehead atoms. The van der Waals surface area contributed by atoms with E-state index in [1.54, 1.807) is 0 Å². The number of halogens is 2. The fourth-order valence-corrected chi connectivity index (χ4v) is 11.6. The first kappa shape index (κ1) is 29.5. The predicted octanol–water partition coefficient (Wildman–Crippen LogP) is 3.25. The number of hydrogen-bond acceptors (Lipinski definition) is 0. The third-order valence-electron chi connectivity index (χ3n) is 8.39. The summed E-state index contributed by atoms with van der Waals surface area (Å²) in [6, 6.07) is 44.4. The molecule has 0 saturated heterocycles. The van der Waals surface area contributed by atoms with E-state index in [4.69, 9.17) is 0 Å². The van der Waals surface area contributed by atoms with Crippen LogP contribution in [0.4, 0.5) is 0 Å². The molecule has 0 radical (unpaired) electrons. The van der Waals surface area contributed by atoms with Crippen molar-refractivity contribution >= 4 is 23.3 Å². The third kappa shape index (κ3) is 5.25. The fourth-order valence-electron chi connectivity index (χ4n) is 6.50. The van der Waals surface area contributed by atoms with Gasteiger partial charge in [-0.15, -0.1) is 0 Å². The molecule has 0 aliphatic heterocycles. The molecular weight excluding hydrogens is 647 g/mol. The van der Waals surface area contributed by atoms with E-state index in [-0.39, 0.29) is 24.8 Å². The van der Waals surface area contributed by atoms with Crippen LogP contribution in [0, 0.1) is 0 Å². The summed E-state index contributed by atoms with van der Waals surface area (Å²) in [4.78, 5) is 0. The number of fused-ring (bicyclic) bond motifs is 2. The molecule has 0 spiro atoms. The zero-order valence-electron chi connectivity index (χ0n) is 23.3. The van der Waals surface area contributed by atoms with Crippen molar-refractivity contribution in [2.45, 2.75) is 7.25 Å². The molecule has 2 aliphatic carbocycles. The molecule has 43 heavy (non-hydrogen) atoms. The summed E-state index contributed by atoms with van der Waals surface area (Å²) in [7, 11) is 0. The van der Waals surface area contributed by atoms with Gasteiger partial charge in [0.15, 0.2) is 0 Å². The maximum absolute atomic E-state index is 2.49. The first-order chi connectivity index (χ1) is 20.3. The Balaban J connectivity index is 0.00000165. The van der Waals surface area contributed by atoms with Crippen LogP contribution in [0.2, 0.25) is 0 Å². The molecule has 4 aromatic carbocycles. The molecule has 0 fully saturated rings. The van der Waals surface area contributed by atoms with Crippen LogP contribution in [-0.4, -0.2) is 9.13 Å². The molecule has 5 heteroatoms. The van der Waals surface area contributed by atoms with Crippen molar-refractivity contribution in [3.8, 4) is 11.4 Å². The summed E-state index contributed by atoms with van der Waals surface area (Å²) in [5.74, 6) is 0. The normalized spacial score (nSPS) is 16.2. The fraction of sp³-hybridized carbons (Fsp3) is 0.0526. The van der Waals surface area contributed by atoms with E-state index >= 15 is 0 Å². The summed E-state index contributed by atoms with van der Waals surface area (Å²) in [6.45, 7) is 0. The van der Waals surface area contributed by atoms with Gasteiger partial charge in [-0.2, -0.15) is 0 Å². The van der Waals surface area contributed by atoms with Crippen molar-refractivity contribution in [2.75, 3.05) is 0 Å². The Morgan fingerprint density at radius 3 is 1.21 bits per heavy atom. The Morgan fingerprint density at radius 2 is 0.814 bits per heavy atom. The largest absolute Gasteiger partial charge is 1.00 e. The average Bonchev–Trinajstić information content (AvgIpc) is 3.85. The van der Waals surface area contributed by atoms with Crippen molar-refractivity contribution in [3.63, 3.8) is 0 Å². The van der Waals surface area contributed by atoms with Gasteiger partial charge in [0.05, 0.1) is 0 Å². The van der Waals surface area contributed by atoms with Gasteiger partial charge in [-0.3, -0.25) is 0 Å². The summed E-state index contributed by atoms with van der Waals surface area (Å²) in [6.07, 6.45) is 13.6. The summed E-state index contributed by atoms with van der Waals surface area (Å²) < 4.78 is 5.42. The Hall–Kier alpha value is -3.62. The standard InChI is InChI=1S/2C19H14N.2ClH.Zr/c2*1-2-7-15(8-3-1)17-13-16-9-6-10-19(18(16)14-17)20-11-4-5-12-20;;;/h2*1-14H;2*1H;/q;;;;+2/p-2. The second-order valence-corrected chi connectivity index (χ2v) is 14.4. The number of benzene rings is 4. The van der Waals surface area contributed by atoms with Crippen molar-refractivity contribution in [2.24, 2.45) is 0 Å². The van der Waals surface area contributed by atoms with Crippen molar-refractivity contribution in [3.05, 3.63) is 179 Å². The van der Waals surface area contributed by atoms with Gasteiger partial charge in [0.2, 0.25) is 0 Å². The Kier molecular flexibility index (Phi) is 8.60. The van der Waals surface area contributed by atoms with Gasteiger partial charge >= 0.3 is 254 Å². The molecule has 2 atom stereocenters. The van der Waals surface area contributed by atoms with Crippen molar-refractivity contribution in [1.29, 1.82) is 0 Å². The van der Waals surface area contributed by atoms with E-state index in [9.17, 15) is 0 Å².